The van der Waals surface area contributed by atoms with Crippen molar-refractivity contribution in [3.05, 3.63) is 23.8 Å². The fourth-order valence-electron chi connectivity index (χ4n) is 4.07. The largest absolute Gasteiger partial charge is 0.458 e. The Kier molecular flexibility index (Phi) is 2.84. The minimum absolute atomic E-state index is 0.0421. The van der Waals surface area contributed by atoms with E-state index in [1.807, 2.05) is 13.0 Å². The molecule has 0 spiro atoms. The third-order valence-corrected chi connectivity index (χ3v) is 5.02. The van der Waals surface area contributed by atoms with E-state index in [1.54, 1.807) is 0 Å². The van der Waals surface area contributed by atoms with Gasteiger partial charge in [0.2, 0.25) is 0 Å². The highest BCUT2D eigenvalue weighted by Crippen LogP contribution is 2.52. The molecule has 4 heteroatoms. The summed E-state index contributed by atoms with van der Waals surface area (Å²) in [5.74, 6) is -0.227. The summed E-state index contributed by atoms with van der Waals surface area (Å²) in [5.41, 5.74) is 0.685. The molecule has 19 heavy (non-hydrogen) atoms. The average molecular weight is 264 g/mol. The van der Waals surface area contributed by atoms with E-state index in [4.69, 9.17) is 4.74 Å². The molecule has 0 aromatic heterocycles. The predicted octanol–water partition coefficient (Wildman–Crippen LogP) is 1.18. The van der Waals surface area contributed by atoms with Gasteiger partial charge in [0.05, 0.1) is 12.2 Å². The van der Waals surface area contributed by atoms with Crippen LogP contribution in [-0.2, 0) is 9.53 Å². The van der Waals surface area contributed by atoms with Gasteiger partial charge in [0.1, 0.15) is 6.10 Å². The fraction of sp³-hybridized carbons (Fsp3) is 0.667. The fourth-order valence-corrected chi connectivity index (χ4v) is 4.07. The van der Waals surface area contributed by atoms with Crippen LogP contribution < -0.4 is 0 Å². The lowest BCUT2D eigenvalue weighted by Gasteiger charge is -2.48. The highest BCUT2D eigenvalue weighted by molar-refractivity contribution is 5.91. The Morgan fingerprint density at radius 2 is 2.32 bits per heavy atom. The van der Waals surface area contributed by atoms with E-state index in [0.29, 0.717) is 12.0 Å². The summed E-state index contributed by atoms with van der Waals surface area (Å²) in [6.45, 7) is 5.73. The lowest BCUT2D eigenvalue weighted by Crippen LogP contribution is -2.52. The molecule has 3 rings (SSSR count). The van der Waals surface area contributed by atoms with Crippen LogP contribution in [0.15, 0.2) is 23.8 Å². The van der Waals surface area contributed by atoms with E-state index in [2.05, 4.69) is 6.58 Å². The second kappa shape index (κ2) is 4.18. The number of rotatable bonds is 1. The van der Waals surface area contributed by atoms with Crippen molar-refractivity contribution in [3.8, 4) is 0 Å². The van der Waals surface area contributed by atoms with Crippen molar-refractivity contribution in [2.75, 3.05) is 6.61 Å². The number of carbonyl (C=O) groups is 1. The van der Waals surface area contributed by atoms with Gasteiger partial charge in [-0.05, 0) is 37.2 Å². The number of esters is 1. The molecule has 104 valence electrons. The third kappa shape index (κ3) is 1.85. The van der Waals surface area contributed by atoms with Gasteiger partial charge in [-0.25, -0.2) is 4.79 Å². The molecule has 0 amide bonds. The van der Waals surface area contributed by atoms with Crippen LogP contribution in [0.3, 0.4) is 0 Å². The maximum absolute atomic E-state index is 11.7. The lowest BCUT2D eigenvalue weighted by atomic mass is 9.59. The zero-order valence-corrected chi connectivity index (χ0v) is 11.1. The minimum Gasteiger partial charge on any atom is -0.458 e. The van der Waals surface area contributed by atoms with Gasteiger partial charge in [-0.1, -0.05) is 12.7 Å². The maximum atomic E-state index is 11.7. The molecule has 2 aliphatic carbocycles. The summed E-state index contributed by atoms with van der Waals surface area (Å²) >= 11 is 0. The van der Waals surface area contributed by atoms with E-state index < -0.39 is 5.60 Å². The van der Waals surface area contributed by atoms with E-state index in [1.165, 1.54) is 0 Å². The van der Waals surface area contributed by atoms with Gasteiger partial charge in [-0.2, -0.15) is 0 Å². The summed E-state index contributed by atoms with van der Waals surface area (Å²) in [6, 6.07) is 0. The molecule has 1 saturated carbocycles. The van der Waals surface area contributed by atoms with Crippen molar-refractivity contribution in [1.82, 2.24) is 0 Å². The van der Waals surface area contributed by atoms with Crippen molar-refractivity contribution < 1.29 is 19.7 Å². The van der Waals surface area contributed by atoms with Crippen LogP contribution >= 0.6 is 0 Å². The Balaban J connectivity index is 2.01. The molecular formula is C15H20O4. The van der Waals surface area contributed by atoms with Crippen LogP contribution in [0, 0.1) is 17.8 Å². The average Bonchev–Trinajstić information content (AvgIpc) is 2.63. The van der Waals surface area contributed by atoms with Crippen LogP contribution in [0.2, 0.25) is 0 Å². The predicted molar refractivity (Wildman–Crippen MR) is 69.1 cm³/mol. The lowest BCUT2D eigenvalue weighted by molar-refractivity contribution is -0.149. The number of carbonyl (C=O) groups excluding carboxylic acids is 1. The van der Waals surface area contributed by atoms with Crippen molar-refractivity contribution in [1.29, 1.82) is 0 Å². The number of ether oxygens (including phenoxy) is 1. The van der Waals surface area contributed by atoms with E-state index >= 15 is 0 Å². The Morgan fingerprint density at radius 3 is 3.00 bits per heavy atom. The molecule has 3 aliphatic rings. The summed E-state index contributed by atoms with van der Waals surface area (Å²) in [6.07, 6.45) is 3.89. The zero-order chi connectivity index (χ0) is 13.8. The van der Waals surface area contributed by atoms with E-state index in [9.17, 15) is 15.0 Å². The van der Waals surface area contributed by atoms with Crippen molar-refractivity contribution >= 4 is 5.97 Å². The zero-order valence-electron chi connectivity index (χ0n) is 11.1. The standard InChI is InChI=1S/C15H20O4/c1-8-13-10-5-9(7-16)3-4-11(10)15(2,18)6-12(13)19-14(8)17/h5,10-13,16,18H,1,3-4,6-7H2,2H3/t10-,11-,12+,13-,15+/m0/s1. The molecule has 4 nitrogen and oxygen atoms in total. The first-order valence-corrected chi connectivity index (χ1v) is 6.86. The number of fused-ring (bicyclic) bond motifs is 3. The molecule has 0 aromatic carbocycles. The molecule has 1 aliphatic heterocycles. The third-order valence-electron chi connectivity index (χ3n) is 5.02. The molecule has 0 aromatic rings. The Labute approximate surface area is 112 Å². The van der Waals surface area contributed by atoms with Gasteiger partial charge in [0, 0.05) is 17.9 Å². The van der Waals surface area contributed by atoms with Gasteiger partial charge < -0.3 is 14.9 Å². The van der Waals surface area contributed by atoms with Gasteiger partial charge in [-0.3, -0.25) is 0 Å². The number of hydrogen-bond acceptors (Lipinski definition) is 4. The molecule has 0 unspecified atom stereocenters. The summed E-state index contributed by atoms with van der Waals surface area (Å²) in [5, 5.41) is 20.0. The normalized spacial score (nSPS) is 45.3. The molecular weight excluding hydrogens is 244 g/mol. The summed E-state index contributed by atoms with van der Waals surface area (Å²) in [7, 11) is 0. The van der Waals surface area contributed by atoms with E-state index in [-0.39, 0.29) is 36.4 Å². The van der Waals surface area contributed by atoms with Gasteiger partial charge in [0.25, 0.3) is 0 Å². The van der Waals surface area contributed by atoms with Crippen LogP contribution in [0.4, 0.5) is 0 Å². The minimum atomic E-state index is -0.825. The van der Waals surface area contributed by atoms with Crippen molar-refractivity contribution in [2.45, 2.75) is 37.9 Å². The van der Waals surface area contributed by atoms with Crippen molar-refractivity contribution in [2.24, 2.45) is 17.8 Å². The molecule has 0 radical (unpaired) electrons. The van der Waals surface area contributed by atoms with Gasteiger partial charge in [0.15, 0.2) is 0 Å². The first kappa shape index (κ1) is 12.9. The molecule has 1 saturated heterocycles. The topological polar surface area (TPSA) is 66.8 Å². The second-order valence-electron chi connectivity index (χ2n) is 6.26. The summed E-state index contributed by atoms with van der Waals surface area (Å²) in [4.78, 5) is 11.7. The molecule has 2 N–H and O–H groups in total. The smallest absolute Gasteiger partial charge is 0.334 e. The highest BCUT2D eigenvalue weighted by Gasteiger charge is 2.56. The van der Waals surface area contributed by atoms with Crippen molar-refractivity contribution in [3.63, 3.8) is 0 Å². The maximum Gasteiger partial charge on any atom is 0.334 e. The SMILES string of the molecule is C=C1C(=O)O[C@@H]2C[C@@](C)(O)[C@H]3CCC(CO)=C[C@@H]3[C@H]12. The molecule has 1 heterocycles. The van der Waals surface area contributed by atoms with E-state index in [0.717, 1.165) is 18.4 Å². The number of allylic oxidation sites excluding steroid dienone is 1. The number of aliphatic hydroxyl groups is 2. The van der Waals surface area contributed by atoms with Crippen LogP contribution in [0.5, 0.6) is 0 Å². The van der Waals surface area contributed by atoms with Crippen LogP contribution in [-0.4, -0.2) is 34.5 Å². The van der Waals surface area contributed by atoms with Crippen LogP contribution in [0.25, 0.3) is 0 Å². The Bertz CT molecular complexity index is 463. The summed E-state index contributed by atoms with van der Waals surface area (Å²) < 4.78 is 5.34. The quantitative estimate of drug-likeness (QED) is 0.424. The molecule has 2 fully saturated rings. The highest BCUT2D eigenvalue weighted by atomic mass is 16.6. The first-order valence-electron chi connectivity index (χ1n) is 6.86. The monoisotopic (exact) mass is 264 g/mol. The van der Waals surface area contributed by atoms with Gasteiger partial charge in [-0.15, -0.1) is 0 Å². The number of aliphatic hydroxyl groups excluding tert-OH is 1. The number of hydrogen-bond donors (Lipinski definition) is 2. The first-order chi connectivity index (χ1) is 8.94. The Hall–Kier alpha value is -1.13. The van der Waals surface area contributed by atoms with Crippen LogP contribution in [0.1, 0.15) is 26.2 Å². The second-order valence-corrected chi connectivity index (χ2v) is 6.26. The Morgan fingerprint density at radius 1 is 1.58 bits per heavy atom. The van der Waals surface area contributed by atoms with Gasteiger partial charge >= 0.3 is 5.97 Å². The molecule has 5 atom stereocenters. The molecule has 0 bridgehead atoms.